The van der Waals surface area contributed by atoms with Crippen LogP contribution < -0.4 is 0 Å². The molecule has 109 heavy (non-hydrogen) atoms. The molecule has 0 aromatic heterocycles. The molecule has 0 saturated heterocycles. The molecule has 0 radical (unpaired) electrons. The molecule has 16 nitrogen and oxygen atoms in total. The first kappa shape index (κ1) is 104. The molecule has 0 aromatic rings. The molecule has 5 atom stereocenters. The maximum atomic E-state index is 13.0. The highest BCUT2D eigenvalue weighted by atomic mass is 31.2. The van der Waals surface area contributed by atoms with E-state index in [1.807, 2.05) is 18.2 Å². The minimum Gasteiger partial charge on any atom is -0.463 e. The van der Waals surface area contributed by atoms with Crippen molar-refractivity contribution in [2.45, 2.75) is 334 Å². The Bertz CT molecular complexity index is 2710. The maximum Gasteiger partial charge on any atom is 0.472 e. The topological polar surface area (TPSA) is 231 Å². The number of esters is 3. The number of hydrogen-bond acceptors (Lipinski definition) is 14. The van der Waals surface area contributed by atoms with E-state index < -0.39 is 91.5 Å². The van der Waals surface area contributed by atoms with Crippen LogP contribution in [-0.4, -0.2) is 95.9 Å². The van der Waals surface area contributed by atoms with Crippen molar-refractivity contribution in [2.24, 2.45) is 0 Å². The van der Waals surface area contributed by atoms with Crippen molar-refractivity contribution in [3.05, 3.63) is 182 Å². The SMILES string of the molecule is CC/C=C\C/C=C\C/C=C\C/C=C\C/C=C\C/C=C\CCC(=O)OC(COC(=O)CCCCCCCCCCCCC/C=C\C/C=C\C/C=C\C/C=C\CCCCC)COP(=O)(O)OCC(O)COP(=O)(O)OCC(O)COC(=O)CCCCCCCCCCCCC/C=C\C/C=C\C/C=C\C/C=C\C/C=C\CC. The van der Waals surface area contributed by atoms with Crippen molar-refractivity contribution in [1.82, 2.24) is 0 Å². The fourth-order valence-electron chi connectivity index (χ4n) is 10.8. The molecule has 0 aromatic carbocycles. The Morgan fingerprint density at radius 3 is 0.807 bits per heavy atom. The molecular weight excluding hydrogens is 1410 g/mol. The summed E-state index contributed by atoms with van der Waals surface area (Å²) in [6.07, 6.45) is 107. The number of allylic oxidation sites excluding steroid dienone is 30. The molecule has 5 unspecified atom stereocenters. The van der Waals surface area contributed by atoms with E-state index in [4.69, 9.17) is 32.3 Å². The van der Waals surface area contributed by atoms with Crippen LogP contribution in [0.4, 0.5) is 0 Å². The van der Waals surface area contributed by atoms with Gasteiger partial charge in [-0.3, -0.25) is 32.5 Å². The minimum atomic E-state index is -4.96. The van der Waals surface area contributed by atoms with E-state index in [-0.39, 0.29) is 19.3 Å². The van der Waals surface area contributed by atoms with Gasteiger partial charge in [-0.15, -0.1) is 0 Å². The molecular formula is C91H150O16P2. The van der Waals surface area contributed by atoms with Crippen molar-refractivity contribution >= 4 is 33.6 Å². The Kier molecular flexibility index (Phi) is 78.1. The Morgan fingerprint density at radius 1 is 0.266 bits per heavy atom. The largest absolute Gasteiger partial charge is 0.472 e. The van der Waals surface area contributed by atoms with Gasteiger partial charge in [-0.2, -0.15) is 0 Å². The average Bonchev–Trinajstić information content (AvgIpc) is 0.904. The van der Waals surface area contributed by atoms with E-state index in [2.05, 4.69) is 185 Å². The van der Waals surface area contributed by atoms with Crippen molar-refractivity contribution in [3.8, 4) is 0 Å². The normalized spacial score (nSPS) is 14.8. The summed E-state index contributed by atoms with van der Waals surface area (Å²) in [6, 6.07) is 0. The van der Waals surface area contributed by atoms with Gasteiger partial charge in [-0.25, -0.2) is 9.13 Å². The third kappa shape index (κ3) is 83.4. The number of aliphatic hydroxyl groups excluding tert-OH is 2. The van der Waals surface area contributed by atoms with E-state index in [1.165, 1.54) is 103 Å². The van der Waals surface area contributed by atoms with Crippen LogP contribution in [0.25, 0.3) is 0 Å². The Morgan fingerprint density at radius 2 is 0.505 bits per heavy atom. The van der Waals surface area contributed by atoms with Crippen LogP contribution in [0.15, 0.2) is 182 Å². The molecule has 4 N–H and O–H groups in total. The number of rotatable bonds is 78. The number of unbranched alkanes of at least 4 members (excludes halogenated alkanes) is 25. The predicted octanol–water partition coefficient (Wildman–Crippen LogP) is 25.3. The van der Waals surface area contributed by atoms with E-state index in [9.17, 15) is 43.5 Å². The first-order valence-corrected chi connectivity index (χ1v) is 45.1. The molecule has 0 bridgehead atoms. The fourth-order valence-corrected chi connectivity index (χ4v) is 12.4. The number of hydrogen-bond donors (Lipinski definition) is 4. The van der Waals surface area contributed by atoms with Crippen LogP contribution in [0.5, 0.6) is 0 Å². The Labute approximate surface area is 662 Å². The standard InChI is InChI=1S/C91H150O16P2/c1-4-7-10-13-16-19-22-25-28-31-34-36-38-40-42-44-46-48-51-53-56-59-62-65-68-71-74-77-89(94)101-80-86(92)81-103-108(97,98)104-82-87(93)83-105-109(99,100)106-85-88(107-91(96)79-76-73-70-67-64-61-58-55-50-33-30-27-24-21-18-15-12-9-6-3)84-102-90(95)78-75-72-69-66-63-60-57-54-52-49-47-45-43-41-39-37-35-32-29-26-23-20-17-14-11-8-5-2/h7,9-10,12,16-21,25-30,34-37,40-43,50,55,61,64,70,73,86-88,92-93H,4-6,8,11,13-15,22-24,31-33,38-39,44-49,51-54,56-60,62-63,65-69,71-72,74-85H2,1-3H3,(H,97,98)(H,99,100)/b10-7-,12-9-,19-16-,20-17-,21-18-,28-25-,29-26-,30-27-,36-34-,37-35-,42-40-,43-41-,55-50-,64-61-,73-70-. The zero-order valence-corrected chi connectivity index (χ0v) is 69.7. The summed E-state index contributed by atoms with van der Waals surface area (Å²) >= 11 is 0. The van der Waals surface area contributed by atoms with Gasteiger partial charge < -0.3 is 34.2 Å². The summed E-state index contributed by atoms with van der Waals surface area (Å²) in [5.74, 6) is -1.69. The van der Waals surface area contributed by atoms with Crippen molar-refractivity contribution in [3.63, 3.8) is 0 Å². The molecule has 0 aliphatic heterocycles. The number of carbonyl (C=O) groups is 3. The maximum absolute atomic E-state index is 13.0. The van der Waals surface area contributed by atoms with Crippen LogP contribution in [0.3, 0.4) is 0 Å². The molecule has 620 valence electrons. The summed E-state index contributed by atoms with van der Waals surface area (Å²) in [6.45, 7) is 2.33. The highest BCUT2D eigenvalue weighted by molar-refractivity contribution is 7.47. The highest BCUT2D eigenvalue weighted by Crippen LogP contribution is 2.45. The van der Waals surface area contributed by atoms with E-state index in [0.717, 1.165) is 148 Å². The summed E-state index contributed by atoms with van der Waals surface area (Å²) < 4.78 is 61.2. The zero-order chi connectivity index (χ0) is 79.4. The molecule has 18 heteroatoms. The third-order valence-corrected chi connectivity index (χ3v) is 19.0. The lowest BCUT2D eigenvalue weighted by Crippen LogP contribution is -2.29. The first-order valence-electron chi connectivity index (χ1n) is 42.1. The number of aliphatic hydroxyl groups is 2. The zero-order valence-electron chi connectivity index (χ0n) is 67.9. The van der Waals surface area contributed by atoms with Gasteiger partial charge in [0.15, 0.2) is 6.10 Å². The highest BCUT2D eigenvalue weighted by Gasteiger charge is 2.29. The van der Waals surface area contributed by atoms with Gasteiger partial charge in [-0.05, 0) is 148 Å². The number of phosphoric acid groups is 2. The molecule has 0 aliphatic carbocycles. The van der Waals surface area contributed by atoms with E-state index >= 15 is 0 Å². The van der Waals surface area contributed by atoms with E-state index in [1.54, 1.807) is 0 Å². The van der Waals surface area contributed by atoms with Gasteiger partial charge in [0, 0.05) is 19.3 Å². The van der Waals surface area contributed by atoms with Gasteiger partial charge >= 0.3 is 33.6 Å². The summed E-state index contributed by atoms with van der Waals surface area (Å²) in [7, 11) is -9.84. The monoisotopic (exact) mass is 1560 g/mol. The fraction of sp³-hybridized carbons (Fsp3) is 0.637. The van der Waals surface area contributed by atoms with Crippen LogP contribution in [-0.2, 0) is 55.8 Å². The van der Waals surface area contributed by atoms with Crippen LogP contribution in [0, 0.1) is 0 Å². The number of phosphoric ester groups is 2. The second-order valence-corrected chi connectivity index (χ2v) is 30.4. The molecule has 0 rings (SSSR count). The predicted molar refractivity (Wildman–Crippen MR) is 454 cm³/mol. The van der Waals surface area contributed by atoms with Gasteiger partial charge in [0.2, 0.25) is 0 Å². The second kappa shape index (κ2) is 82.1. The minimum absolute atomic E-state index is 0.0271. The van der Waals surface area contributed by atoms with E-state index in [0.29, 0.717) is 25.7 Å². The molecule has 0 aliphatic rings. The van der Waals surface area contributed by atoms with Crippen LogP contribution >= 0.6 is 15.6 Å². The summed E-state index contributed by atoms with van der Waals surface area (Å²) in [5, 5.41) is 20.7. The molecule has 0 heterocycles. The lowest BCUT2D eigenvalue weighted by atomic mass is 10.0. The second-order valence-electron chi connectivity index (χ2n) is 27.5. The lowest BCUT2D eigenvalue weighted by Gasteiger charge is -2.21. The van der Waals surface area contributed by atoms with Gasteiger partial charge in [-0.1, -0.05) is 331 Å². The van der Waals surface area contributed by atoms with Gasteiger partial charge in [0.1, 0.15) is 25.4 Å². The smallest absolute Gasteiger partial charge is 0.463 e. The molecule has 0 spiro atoms. The molecule has 0 amide bonds. The van der Waals surface area contributed by atoms with Gasteiger partial charge in [0.25, 0.3) is 0 Å². The summed E-state index contributed by atoms with van der Waals surface area (Å²) in [5.41, 5.74) is 0. The average molecular weight is 1560 g/mol. The first-order chi connectivity index (χ1) is 53.2. The van der Waals surface area contributed by atoms with Gasteiger partial charge in [0.05, 0.1) is 26.4 Å². The molecule has 0 fully saturated rings. The van der Waals surface area contributed by atoms with Crippen LogP contribution in [0.2, 0.25) is 0 Å². The Hall–Kier alpha value is -5.35. The lowest BCUT2D eigenvalue weighted by molar-refractivity contribution is -0.161. The third-order valence-electron chi connectivity index (χ3n) is 17.1. The number of ether oxygens (including phenoxy) is 3. The van der Waals surface area contributed by atoms with Crippen molar-refractivity contribution in [2.75, 3.05) is 39.6 Å². The quantitative estimate of drug-likeness (QED) is 0.0146. The van der Waals surface area contributed by atoms with Crippen LogP contribution in [0.1, 0.15) is 316 Å². The Balaban J connectivity index is 4.68. The summed E-state index contributed by atoms with van der Waals surface area (Å²) in [4.78, 5) is 58.8. The van der Waals surface area contributed by atoms with Crippen molar-refractivity contribution < 1.29 is 75.8 Å². The van der Waals surface area contributed by atoms with Crippen molar-refractivity contribution in [1.29, 1.82) is 0 Å². The number of carbonyl (C=O) groups excluding carboxylic acids is 3. The molecule has 0 saturated carbocycles.